The zero-order chi connectivity index (χ0) is 19.4. The Morgan fingerprint density at radius 2 is 1.74 bits per heavy atom. The standard InChI is InChI=1S/C19H17F3N4O/c1-11(10-27)23-19-25-15(12-5-3-2-4-6-12)9-16(26-19)24-14-8-7-13(20)17(21)18(14)22/h2-9,11,27H,10H2,1H3,(H2,23,24,25,26)/t11-/m1/s1. The minimum atomic E-state index is -1.57. The van der Waals surface area contributed by atoms with Gasteiger partial charge in [0.15, 0.2) is 17.5 Å². The van der Waals surface area contributed by atoms with E-state index >= 15 is 0 Å². The van der Waals surface area contributed by atoms with Gasteiger partial charge in [0.25, 0.3) is 0 Å². The average molecular weight is 374 g/mol. The van der Waals surface area contributed by atoms with Crippen LogP contribution in [0, 0.1) is 17.5 Å². The van der Waals surface area contributed by atoms with Crippen LogP contribution < -0.4 is 10.6 Å². The zero-order valence-electron chi connectivity index (χ0n) is 14.4. The second-order valence-corrected chi connectivity index (χ2v) is 5.90. The first kappa shape index (κ1) is 18.7. The lowest BCUT2D eigenvalue weighted by atomic mass is 10.1. The molecule has 3 rings (SSSR count). The molecule has 1 heterocycles. The number of aliphatic hydroxyl groups excluding tert-OH is 1. The summed E-state index contributed by atoms with van der Waals surface area (Å²) in [7, 11) is 0. The van der Waals surface area contributed by atoms with Gasteiger partial charge in [-0.2, -0.15) is 4.98 Å². The molecule has 0 saturated heterocycles. The molecular formula is C19H17F3N4O. The molecule has 0 radical (unpaired) electrons. The van der Waals surface area contributed by atoms with Crippen LogP contribution in [0.2, 0.25) is 0 Å². The summed E-state index contributed by atoms with van der Waals surface area (Å²) in [6.07, 6.45) is 0. The number of benzene rings is 2. The van der Waals surface area contributed by atoms with Gasteiger partial charge in [0.2, 0.25) is 5.95 Å². The normalized spacial score (nSPS) is 11.9. The fourth-order valence-electron chi connectivity index (χ4n) is 2.36. The number of rotatable bonds is 6. The van der Waals surface area contributed by atoms with E-state index in [-0.39, 0.29) is 30.1 Å². The molecule has 2 aromatic carbocycles. The molecule has 140 valence electrons. The zero-order valence-corrected chi connectivity index (χ0v) is 14.4. The average Bonchev–Trinajstić information content (AvgIpc) is 2.69. The molecular weight excluding hydrogens is 357 g/mol. The van der Waals surface area contributed by atoms with Crippen molar-refractivity contribution in [2.45, 2.75) is 13.0 Å². The quantitative estimate of drug-likeness (QED) is 0.567. The van der Waals surface area contributed by atoms with E-state index in [9.17, 15) is 18.3 Å². The number of hydrogen-bond donors (Lipinski definition) is 3. The molecule has 0 aliphatic rings. The molecule has 0 amide bonds. The molecule has 0 aliphatic carbocycles. The summed E-state index contributed by atoms with van der Waals surface area (Å²) in [5, 5.41) is 14.8. The summed E-state index contributed by atoms with van der Waals surface area (Å²) in [5.41, 5.74) is 1.06. The van der Waals surface area contributed by atoms with Crippen molar-refractivity contribution in [2.24, 2.45) is 0 Å². The molecule has 0 bridgehead atoms. The number of nitrogens with one attached hydrogen (secondary N) is 2. The monoisotopic (exact) mass is 374 g/mol. The highest BCUT2D eigenvalue weighted by Gasteiger charge is 2.15. The SMILES string of the molecule is C[C@H](CO)Nc1nc(Nc2ccc(F)c(F)c2F)cc(-c2ccccc2)n1. The lowest BCUT2D eigenvalue weighted by Crippen LogP contribution is -2.21. The van der Waals surface area contributed by atoms with Crippen molar-refractivity contribution in [3.8, 4) is 11.3 Å². The van der Waals surface area contributed by atoms with E-state index in [0.29, 0.717) is 5.69 Å². The Balaban J connectivity index is 2.01. The van der Waals surface area contributed by atoms with Crippen LogP contribution >= 0.6 is 0 Å². The van der Waals surface area contributed by atoms with Gasteiger partial charge in [0, 0.05) is 17.7 Å². The van der Waals surface area contributed by atoms with Crippen molar-refractivity contribution in [3.05, 3.63) is 66.0 Å². The highest BCUT2D eigenvalue weighted by molar-refractivity contribution is 5.67. The highest BCUT2D eigenvalue weighted by atomic mass is 19.2. The molecule has 3 aromatic rings. The van der Waals surface area contributed by atoms with Crippen LogP contribution in [0.1, 0.15) is 6.92 Å². The molecule has 0 saturated carbocycles. The number of anilines is 3. The van der Waals surface area contributed by atoms with Gasteiger partial charge in [-0.1, -0.05) is 30.3 Å². The van der Waals surface area contributed by atoms with Crippen LogP contribution in [0.25, 0.3) is 11.3 Å². The molecule has 0 unspecified atom stereocenters. The summed E-state index contributed by atoms with van der Waals surface area (Å²) >= 11 is 0. The van der Waals surface area contributed by atoms with Crippen LogP contribution in [0.3, 0.4) is 0 Å². The third-order valence-electron chi connectivity index (χ3n) is 3.74. The van der Waals surface area contributed by atoms with E-state index < -0.39 is 17.5 Å². The molecule has 1 atom stereocenters. The Bertz CT molecular complexity index is 938. The number of aliphatic hydroxyl groups is 1. The molecule has 0 spiro atoms. The summed E-state index contributed by atoms with van der Waals surface area (Å²) in [6, 6.07) is 12.4. The van der Waals surface area contributed by atoms with Gasteiger partial charge in [-0.05, 0) is 19.1 Å². The van der Waals surface area contributed by atoms with Crippen LogP contribution in [0.15, 0.2) is 48.5 Å². The molecule has 3 N–H and O–H groups in total. The fourth-order valence-corrected chi connectivity index (χ4v) is 2.36. The number of nitrogens with zero attached hydrogens (tertiary/aromatic N) is 2. The highest BCUT2D eigenvalue weighted by Crippen LogP contribution is 2.26. The van der Waals surface area contributed by atoms with Gasteiger partial charge in [0.05, 0.1) is 18.0 Å². The Hall–Kier alpha value is -3.13. The lowest BCUT2D eigenvalue weighted by Gasteiger charge is -2.14. The van der Waals surface area contributed by atoms with Crippen LogP contribution in [-0.2, 0) is 0 Å². The van der Waals surface area contributed by atoms with Gasteiger partial charge < -0.3 is 15.7 Å². The van der Waals surface area contributed by atoms with Crippen LogP contribution in [0.5, 0.6) is 0 Å². The topological polar surface area (TPSA) is 70.1 Å². The predicted molar refractivity (Wildman–Crippen MR) is 97.2 cm³/mol. The third-order valence-corrected chi connectivity index (χ3v) is 3.74. The van der Waals surface area contributed by atoms with Gasteiger partial charge in [-0.25, -0.2) is 18.2 Å². The Kier molecular flexibility index (Phi) is 5.56. The first-order chi connectivity index (χ1) is 13.0. The molecule has 5 nitrogen and oxygen atoms in total. The van der Waals surface area contributed by atoms with Crippen molar-refractivity contribution >= 4 is 17.5 Å². The summed E-state index contributed by atoms with van der Waals surface area (Å²) in [4.78, 5) is 8.59. The van der Waals surface area contributed by atoms with Gasteiger partial charge >= 0.3 is 0 Å². The second kappa shape index (κ2) is 8.05. The number of hydrogen-bond acceptors (Lipinski definition) is 5. The van der Waals surface area contributed by atoms with Crippen LogP contribution in [-0.4, -0.2) is 27.7 Å². The van der Waals surface area contributed by atoms with Gasteiger partial charge in [-0.15, -0.1) is 0 Å². The van der Waals surface area contributed by atoms with Crippen molar-refractivity contribution < 1.29 is 18.3 Å². The van der Waals surface area contributed by atoms with Crippen molar-refractivity contribution in [3.63, 3.8) is 0 Å². The Morgan fingerprint density at radius 1 is 1.00 bits per heavy atom. The Morgan fingerprint density at radius 3 is 2.44 bits per heavy atom. The molecule has 1 aromatic heterocycles. The molecule has 0 aliphatic heterocycles. The maximum atomic E-state index is 14.0. The maximum Gasteiger partial charge on any atom is 0.225 e. The van der Waals surface area contributed by atoms with Gasteiger partial charge in [0.1, 0.15) is 5.82 Å². The van der Waals surface area contributed by atoms with E-state index in [1.54, 1.807) is 13.0 Å². The third kappa shape index (κ3) is 4.35. The van der Waals surface area contributed by atoms with Crippen molar-refractivity contribution in [2.75, 3.05) is 17.2 Å². The predicted octanol–water partition coefficient (Wildman–Crippen LogP) is 4.10. The van der Waals surface area contributed by atoms with Gasteiger partial charge in [-0.3, -0.25) is 0 Å². The van der Waals surface area contributed by atoms with E-state index in [0.717, 1.165) is 17.7 Å². The number of halogens is 3. The van der Waals surface area contributed by atoms with E-state index in [1.165, 1.54) is 0 Å². The first-order valence-electron chi connectivity index (χ1n) is 8.20. The fraction of sp³-hybridized carbons (Fsp3) is 0.158. The lowest BCUT2D eigenvalue weighted by molar-refractivity contribution is 0.281. The van der Waals surface area contributed by atoms with E-state index in [1.807, 2.05) is 30.3 Å². The summed E-state index contributed by atoms with van der Waals surface area (Å²) < 4.78 is 40.6. The minimum absolute atomic E-state index is 0.139. The molecule has 0 fully saturated rings. The summed E-state index contributed by atoms with van der Waals surface area (Å²) in [5.74, 6) is -3.80. The smallest absolute Gasteiger partial charge is 0.225 e. The molecule has 27 heavy (non-hydrogen) atoms. The summed E-state index contributed by atoms with van der Waals surface area (Å²) in [6.45, 7) is 1.60. The Labute approximate surface area is 153 Å². The van der Waals surface area contributed by atoms with Crippen molar-refractivity contribution in [1.82, 2.24) is 9.97 Å². The molecule has 8 heteroatoms. The van der Waals surface area contributed by atoms with E-state index in [2.05, 4.69) is 20.6 Å². The van der Waals surface area contributed by atoms with Crippen molar-refractivity contribution in [1.29, 1.82) is 0 Å². The number of aromatic nitrogens is 2. The first-order valence-corrected chi connectivity index (χ1v) is 8.20. The second-order valence-electron chi connectivity index (χ2n) is 5.90. The van der Waals surface area contributed by atoms with E-state index in [4.69, 9.17) is 0 Å². The largest absolute Gasteiger partial charge is 0.394 e. The minimum Gasteiger partial charge on any atom is -0.394 e. The maximum absolute atomic E-state index is 14.0. The van der Waals surface area contributed by atoms with Crippen LogP contribution in [0.4, 0.5) is 30.6 Å².